The van der Waals surface area contributed by atoms with E-state index in [-0.39, 0.29) is 0 Å². The first-order valence-corrected chi connectivity index (χ1v) is 6.58. The molecule has 0 saturated heterocycles. The van der Waals surface area contributed by atoms with Gasteiger partial charge in [-0.2, -0.15) is 0 Å². The van der Waals surface area contributed by atoms with Crippen LogP contribution in [0.2, 0.25) is 0 Å². The van der Waals surface area contributed by atoms with Crippen LogP contribution in [0.1, 0.15) is 37.7 Å². The molecule has 0 spiro atoms. The van der Waals surface area contributed by atoms with Gasteiger partial charge < -0.3 is 4.90 Å². The molecular weight excluding hydrogens is 210 g/mol. The minimum atomic E-state index is 0.435. The molecular formula is C15H20NO. The molecule has 2 rings (SSSR count). The number of carbonyl (C=O) groups excluding carboxylic acids is 1. The Morgan fingerprint density at radius 1 is 1.12 bits per heavy atom. The Bertz CT molecular complexity index is 330. The summed E-state index contributed by atoms with van der Waals surface area (Å²) in [5, 5.41) is 0. The molecule has 17 heavy (non-hydrogen) atoms. The van der Waals surface area contributed by atoms with Crippen LogP contribution in [0.15, 0.2) is 30.3 Å². The summed E-state index contributed by atoms with van der Waals surface area (Å²) in [4.78, 5) is 12.9. The fourth-order valence-electron chi connectivity index (χ4n) is 2.59. The van der Waals surface area contributed by atoms with E-state index in [0.717, 1.165) is 25.8 Å². The summed E-state index contributed by atoms with van der Waals surface area (Å²) in [7, 11) is 0. The third kappa shape index (κ3) is 3.58. The molecule has 91 valence electrons. The lowest BCUT2D eigenvalue weighted by Crippen LogP contribution is -2.37. The summed E-state index contributed by atoms with van der Waals surface area (Å²) < 4.78 is 0. The third-order valence-electron chi connectivity index (χ3n) is 3.62. The molecule has 0 bridgehead atoms. The van der Waals surface area contributed by atoms with Crippen LogP contribution in [0.5, 0.6) is 0 Å². The number of hydrogen-bond acceptors (Lipinski definition) is 1. The Hall–Kier alpha value is -1.31. The van der Waals surface area contributed by atoms with Gasteiger partial charge in [-0.05, 0) is 24.8 Å². The van der Waals surface area contributed by atoms with E-state index >= 15 is 0 Å². The van der Waals surface area contributed by atoms with Gasteiger partial charge in [0.25, 0.3) is 0 Å². The first-order valence-electron chi connectivity index (χ1n) is 6.58. The smallest absolute Gasteiger partial charge is 0.312 e. The average Bonchev–Trinajstić information content (AvgIpc) is 2.42. The van der Waals surface area contributed by atoms with Crippen LogP contribution in [0.3, 0.4) is 0 Å². The second-order valence-electron chi connectivity index (χ2n) is 4.81. The van der Waals surface area contributed by atoms with E-state index in [4.69, 9.17) is 0 Å². The Balaban J connectivity index is 1.85. The average molecular weight is 230 g/mol. The van der Waals surface area contributed by atoms with Crippen molar-refractivity contribution >= 4 is 6.41 Å². The van der Waals surface area contributed by atoms with Crippen molar-refractivity contribution in [1.29, 1.82) is 0 Å². The molecule has 1 radical (unpaired) electrons. The second-order valence-corrected chi connectivity index (χ2v) is 4.81. The van der Waals surface area contributed by atoms with Crippen LogP contribution in [-0.4, -0.2) is 23.9 Å². The molecule has 0 heterocycles. The minimum Gasteiger partial charge on any atom is -0.331 e. The predicted octanol–water partition coefficient (Wildman–Crippen LogP) is 2.93. The lowest BCUT2D eigenvalue weighted by Gasteiger charge is -2.30. The monoisotopic (exact) mass is 230 g/mol. The fourth-order valence-corrected chi connectivity index (χ4v) is 2.59. The molecule has 0 N–H and O–H groups in total. The van der Waals surface area contributed by atoms with Gasteiger partial charge in [-0.1, -0.05) is 49.6 Å². The highest BCUT2D eigenvalue weighted by Crippen LogP contribution is 2.21. The maximum Gasteiger partial charge on any atom is 0.312 e. The second kappa shape index (κ2) is 6.43. The maximum absolute atomic E-state index is 11.0. The summed E-state index contributed by atoms with van der Waals surface area (Å²) in [5.74, 6) is 0. The number of nitrogens with zero attached hydrogens (tertiary/aromatic N) is 1. The summed E-state index contributed by atoms with van der Waals surface area (Å²) in [5.41, 5.74) is 1.29. The van der Waals surface area contributed by atoms with Gasteiger partial charge in [0, 0.05) is 12.6 Å². The minimum absolute atomic E-state index is 0.435. The number of amides is 1. The molecule has 1 saturated carbocycles. The molecule has 1 aliphatic carbocycles. The zero-order chi connectivity index (χ0) is 11.9. The third-order valence-corrected chi connectivity index (χ3v) is 3.62. The van der Waals surface area contributed by atoms with Gasteiger partial charge in [-0.3, -0.25) is 4.79 Å². The molecule has 1 amide bonds. The SMILES string of the molecule is O=[C]N(CCc1ccccc1)C1CCCCC1. The maximum atomic E-state index is 11.0. The van der Waals surface area contributed by atoms with Gasteiger partial charge in [0.1, 0.15) is 0 Å². The molecule has 1 aromatic rings. The van der Waals surface area contributed by atoms with Crippen molar-refractivity contribution in [3.63, 3.8) is 0 Å². The van der Waals surface area contributed by atoms with E-state index < -0.39 is 0 Å². The van der Waals surface area contributed by atoms with Gasteiger partial charge in [0.2, 0.25) is 0 Å². The van der Waals surface area contributed by atoms with E-state index in [0.29, 0.717) is 6.04 Å². The highest BCUT2D eigenvalue weighted by Gasteiger charge is 2.19. The Labute approximate surface area is 104 Å². The van der Waals surface area contributed by atoms with E-state index in [1.807, 2.05) is 23.1 Å². The van der Waals surface area contributed by atoms with Crippen molar-refractivity contribution in [2.75, 3.05) is 6.54 Å². The normalized spacial score (nSPS) is 16.7. The molecule has 1 aliphatic rings. The summed E-state index contributed by atoms with van der Waals surface area (Å²) in [6, 6.07) is 10.8. The van der Waals surface area contributed by atoms with Gasteiger partial charge in [-0.25, -0.2) is 0 Å². The summed E-state index contributed by atoms with van der Waals surface area (Å²) in [6.07, 6.45) is 9.21. The van der Waals surface area contributed by atoms with E-state index in [9.17, 15) is 4.79 Å². The quantitative estimate of drug-likeness (QED) is 0.712. The van der Waals surface area contributed by atoms with Crippen LogP contribution in [0.25, 0.3) is 0 Å². The molecule has 0 unspecified atom stereocenters. The van der Waals surface area contributed by atoms with Crippen molar-refractivity contribution in [2.45, 2.75) is 44.6 Å². The topological polar surface area (TPSA) is 20.3 Å². The predicted molar refractivity (Wildman–Crippen MR) is 69.4 cm³/mol. The Morgan fingerprint density at radius 3 is 2.47 bits per heavy atom. The Kier molecular flexibility index (Phi) is 4.60. The molecule has 0 atom stereocenters. The summed E-state index contributed by atoms with van der Waals surface area (Å²) in [6.45, 7) is 0.804. The molecule has 0 aromatic heterocycles. The van der Waals surface area contributed by atoms with Crippen molar-refractivity contribution in [3.8, 4) is 0 Å². The van der Waals surface area contributed by atoms with Crippen LogP contribution in [0.4, 0.5) is 0 Å². The van der Waals surface area contributed by atoms with E-state index in [1.165, 1.54) is 24.8 Å². The van der Waals surface area contributed by atoms with Crippen LogP contribution in [0, 0.1) is 0 Å². The highest BCUT2D eigenvalue weighted by molar-refractivity contribution is 5.48. The summed E-state index contributed by atoms with van der Waals surface area (Å²) >= 11 is 0. The lowest BCUT2D eigenvalue weighted by atomic mass is 9.94. The molecule has 2 heteroatoms. The number of hydrogen-bond donors (Lipinski definition) is 0. The van der Waals surface area contributed by atoms with Crippen molar-refractivity contribution < 1.29 is 4.79 Å². The van der Waals surface area contributed by atoms with Gasteiger partial charge in [0.15, 0.2) is 0 Å². The van der Waals surface area contributed by atoms with Crippen LogP contribution >= 0.6 is 0 Å². The van der Waals surface area contributed by atoms with Gasteiger partial charge >= 0.3 is 6.41 Å². The lowest BCUT2D eigenvalue weighted by molar-refractivity contribution is 0.235. The van der Waals surface area contributed by atoms with E-state index in [2.05, 4.69) is 18.5 Å². The number of rotatable bonds is 5. The van der Waals surface area contributed by atoms with Crippen molar-refractivity contribution in [1.82, 2.24) is 4.90 Å². The standard InChI is InChI=1S/C15H20NO/c17-13-16(15-9-5-2-6-10-15)12-11-14-7-3-1-4-8-14/h1,3-4,7-8,15H,2,5-6,9-12H2. The molecule has 1 fully saturated rings. The van der Waals surface area contributed by atoms with Crippen molar-refractivity contribution in [3.05, 3.63) is 35.9 Å². The van der Waals surface area contributed by atoms with E-state index in [1.54, 1.807) is 0 Å². The first kappa shape index (κ1) is 12.2. The molecule has 0 aliphatic heterocycles. The fraction of sp³-hybridized carbons (Fsp3) is 0.533. The van der Waals surface area contributed by atoms with Gasteiger partial charge in [0.05, 0.1) is 0 Å². The van der Waals surface area contributed by atoms with Crippen molar-refractivity contribution in [2.24, 2.45) is 0 Å². The Morgan fingerprint density at radius 2 is 1.82 bits per heavy atom. The van der Waals surface area contributed by atoms with Crippen LogP contribution in [-0.2, 0) is 11.2 Å². The largest absolute Gasteiger partial charge is 0.331 e. The van der Waals surface area contributed by atoms with Gasteiger partial charge in [-0.15, -0.1) is 0 Å². The first-order chi connectivity index (χ1) is 8.40. The molecule has 1 aromatic carbocycles. The zero-order valence-electron chi connectivity index (χ0n) is 10.3. The highest BCUT2D eigenvalue weighted by atomic mass is 16.1. The zero-order valence-corrected chi connectivity index (χ0v) is 10.3. The molecule has 2 nitrogen and oxygen atoms in total. The van der Waals surface area contributed by atoms with Crippen LogP contribution < -0.4 is 0 Å². The number of benzene rings is 1.